The van der Waals surface area contributed by atoms with Crippen LogP contribution < -0.4 is 4.90 Å². The maximum absolute atomic E-state index is 13.5. The normalized spacial score (nSPS) is 16.3. The SMILES string of the molecule is CN(c1ccc(C(F)(F)F)cc1F)C1CC1. The zero-order valence-electron chi connectivity index (χ0n) is 8.68. The first-order valence-corrected chi connectivity index (χ1v) is 4.99. The minimum absolute atomic E-state index is 0.232. The van der Waals surface area contributed by atoms with E-state index in [-0.39, 0.29) is 11.7 Å². The summed E-state index contributed by atoms with van der Waals surface area (Å²) < 4.78 is 50.4. The van der Waals surface area contributed by atoms with Crippen LogP contribution in [0.4, 0.5) is 23.2 Å². The second-order valence-electron chi connectivity index (χ2n) is 4.01. The van der Waals surface area contributed by atoms with Crippen LogP contribution in [0.15, 0.2) is 18.2 Å². The number of rotatable bonds is 2. The van der Waals surface area contributed by atoms with Gasteiger partial charge in [0.25, 0.3) is 0 Å². The van der Waals surface area contributed by atoms with Crippen LogP contribution in [0.25, 0.3) is 0 Å². The molecule has 0 heterocycles. The van der Waals surface area contributed by atoms with Crippen LogP contribution in [0.3, 0.4) is 0 Å². The van der Waals surface area contributed by atoms with E-state index in [0.29, 0.717) is 6.07 Å². The topological polar surface area (TPSA) is 3.24 Å². The third kappa shape index (κ3) is 2.13. The predicted octanol–water partition coefficient (Wildman–Crippen LogP) is 3.44. The molecule has 0 atom stereocenters. The molecule has 88 valence electrons. The van der Waals surface area contributed by atoms with Crippen LogP contribution in [-0.2, 0) is 6.18 Å². The van der Waals surface area contributed by atoms with E-state index in [9.17, 15) is 17.6 Å². The first kappa shape index (κ1) is 11.2. The van der Waals surface area contributed by atoms with E-state index in [1.54, 1.807) is 11.9 Å². The van der Waals surface area contributed by atoms with Gasteiger partial charge in [0, 0.05) is 13.1 Å². The molecule has 0 aromatic heterocycles. The van der Waals surface area contributed by atoms with Crippen molar-refractivity contribution in [2.24, 2.45) is 0 Å². The van der Waals surface area contributed by atoms with Crippen LogP contribution >= 0.6 is 0 Å². The number of anilines is 1. The Labute approximate surface area is 90.7 Å². The van der Waals surface area contributed by atoms with Crippen molar-refractivity contribution in [3.8, 4) is 0 Å². The Hall–Kier alpha value is -1.26. The van der Waals surface area contributed by atoms with Gasteiger partial charge in [-0.1, -0.05) is 0 Å². The van der Waals surface area contributed by atoms with Gasteiger partial charge in [-0.25, -0.2) is 4.39 Å². The summed E-state index contributed by atoms with van der Waals surface area (Å²) in [4.78, 5) is 1.69. The zero-order valence-corrected chi connectivity index (χ0v) is 8.68. The van der Waals surface area contributed by atoms with Crippen molar-refractivity contribution in [2.45, 2.75) is 25.1 Å². The lowest BCUT2D eigenvalue weighted by Crippen LogP contribution is -2.21. The highest BCUT2D eigenvalue weighted by molar-refractivity contribution is 5.50. The van der Waals surface area contributed by atoms with Crippen LogP contribution in [0, 0.1) is 5.82 Å². The zero-order chi connectivity index (χ0) is 11.9. The maximum atomic E-state index is 13.5. The summed E-state index contributed by atoms with van der Waals surface area (Å²) in [6, 6.07) is 2.92. The first-order valence-electron chi connectivity index (χ1n) is 4.99. The lowest BCUT2D eigenvalue weighted by Gasteiger charge is -2.20. The van der Waals surface area contributed by atoms with Crippen LogP contribution in [0.1, 0.15) is 18.4 Å². The van der Waals surface area contributed by atoms with Gasteiger partial charge in [-0.2, -0.15) is 13.2 Å². The van der Waals surface area contributed by atoms with E-state index in [1.807, 2.05) is 0 Å². The molecule has 1 aliphatic carbocycles. The van der Waals surface area contributed by atoms with E-state index in [1.165, 1.54) is 6.07 Å². The first-order chi connectivity index (χ1) is 7.39. The number of hydrogen-bond acceptors (Lipinski definition) is 1. The fraction of sp³-hybridized carbons (Fsp3) is 0.455. The molecule has 0 spiro atoms. The monoisotopic (exact) mass is 233 g/mol. The Bertz CT molecular complexity index is 395. The Kier molecular flexibility index (Phi) is 2.56. The summed E-state index contributed by atoms with van der Waals surface area (Å²) in [5.74, 6) is -0.816. The number of hydrogen-bond donors (Lipinski definition) is 0. The van der Waals surface area contributed by atoms with Gasteiger partial charge in [-0.15, -0.1) is 0 Å². The van der Waals surface area contributed by atoms with Gasteiger partial charge in [0.2, 0.25) is 0 Å². The molecule has 5 heteroatoms. The number of benzene rings is 1. The summed E-state index contributed by atoms with van der Waals surface area (Å²) >= 11 is 0. The van der Waals surface area contributed by atoms with Gasteiger partial charge in [0.05, 0.1) is 11.3 Å². The fourth-order valence-corrected chi connectivity index (χ4v) is 1.63. The summed E-state index contributed by atoms with van der Waals surface area (Å²) in [7, 11) is 1.70. The average molecular weight is 233 g/mol. The lowest BCUT2D eigenvalue weighted by molar-refractivity contribution is -0.137. The molecule has 2 rings (SSSR count). The maximum Gasteiger partial charge on any atom is 0.416 e. The third-order valence-corrected chi connectivity index (χ3v) is 2.75. The molecular weight excluding hydrogens is 222 g/mol. The molecule has 0 aliphatic heterocycles. The summed E-state index contributed by atoms with van der Waals surface area (Å²) in [6.07, 6.45) is -2.55. The fourth-order valence-electron chi connectivity index (χ4n) is 1.63. The Balaban J connectivity index is 2.29. The number of nitrogens with zero attached hydrogens (tertiary/aromatic N) is 1. The van der Waals surface area contributed by atoms with Gasteiger partial charge >= 0.3 is 6.18 Å². The molecule has 0 unspecified atom stereocenters. The molecule has 1 nitrogen and oxygen atoms in total. The molecule has 1 aliphatic rings. The van der Waals surface area contributed by atoms with Crippen LogP contribution in [0.2, 0.25) is 0 Å². The summed E-state index contributed by atoms with van der Waals surface area (Å²) in [5.41, 5.74) is -0.714. The Morgan fingerprint density at radius 3 is 2.31 bits per heavy atom. The van der Waals surface area contributed by atoms with Crippen LogP contribution in [0.5, 0.6) is 0 Å². The molecule has 0 saturated heterocycles. The molecule has 1 saturated carbocycles. The molecule has 0 amide bonds. The predicted molar refractivity (Wildman–Crippen MR) is 52.8 cm³/mol. The van der Waals surface area contributed by atoms with E-state index in [2.05, 4.69) is 0 Å². The Morgan fingerprint density at radius 2 is 1.88 bits per heavy atom. The minimum Gasteiger partial charge on any atom is -0.369 e. The largest absolute Gasteiger partial charge is 0.416 e. The van der Waals surface area contributed by atoms with Crippen molar-refractivity contribution >= 4 is 5.69 Å². The van der Waals surface area contributed by atoms with Crippen molar-refractivity contribution in [3.63, 3.8) is 0 Å². The van der Waals surface area contributed by atoms with Gasteiger partial charge in [-0.3, -0.25) is 0 Å². The molecule has 0 radical (unpaired) electrons. The summed E-state index contributed by atoms with van der Waals surface area (Å²) in [6.45, 7) is 0. The smallest absolute Gasteiger partial charge is 0.369 e. The second-order valence-corrected chi connectivity index (χ2v) is 4.01. The summed E-state index contributed by atoms with van der Waals surface area (Å²) in [5, 5.41) is 0. The minimum atomic E-state index is -4.49. The highest BCUT2D eigenvalue weighted by Gasteiger charge is 2.33. The van der Waals surface area contributed by atoms with Gasteiger partial charge in [0.15, 0.2) is 0 Å². The van der Waals surface area contributed by atoms with Gasteiger partial charge < -0.3 is 4.90 Å². The quantitative estimate of drug-likeness (QED) is 0.707. The van der Waals surface area contributed by atoms with Crippen molar-refractivity contribution in [1.82, 2.24) is 0 Å². The molecule has 1 aromatic carbocycles. The molecule has 0 bridgehead atoms. The molecule has 0 N–H and O–H groups in total. The van der Waals surface area contributed by atoms with E-state index >= 15 is 0 Å². The molecule has 16 heavy (non-hydrogen) atoms. The number of alkyl halides is 3. The van der Waals surface area contributed by atoms with E-state index in [4.69, 9.17) is 0 Å². The van der Waals surface area contributed by atoms with E-state index < -0.39 is 17.6 Å². The second kappa shape index (κ2) is 3.64. The molecular formula is C11H11F4N. The number of halogens is 4. The van der Waals surface area contributed by atoms with E-state index in [0.717, 1.165) is 18.9 Å². The lowest BCUT2D eigenvalue weighted by atomic mass is 10.2. The van der Waals surface area contributed by atoms with Crippen molar-refractivity contribution < 1.29 is 17.6 Å². The average Bonchev–Trinajstić information content (AvgIpc) is 2.98. The molecule has 1 fully saturated rings. The highest BCUT2D eigenvalue weighted by Crippen LogP contribution is 2.35. The molecule has 1 aromatic rings. The van der Waals surface area contributed by atoms with Crippen molar-refractivity contribution in [2.75, 3.05) is 11.9 Å². The highest BCUT2D eigenvalue weighted by atomic mass is 19.4. The standard InChI is InChI=1S/C11H11F4N/c1-16(8-3-4-8)10-5-2-7(6-9(10)12)11(13,14)15/h2,5-6,8H,3-4H2,1H3. The van der Waals surface area contributed by atoms with Crippen molar-refractivity contribution in [1.29, 1.82) is 0 Å². The van der Waals surface area contributed by atoms with Crippen molar-refractivity contribution in [3.05, 3.63) is 29.6 Å². The third-order valence-electron chi connectivity index (χ3n) is 2.75. The van der Waals surface area contributed by atoms with Gasteiger partial charge in [-0.05, 0) is 31.0 Å². The van der Waals surface area contributed by atoms with Crippen LogP contribution in [-0.4, -0.2) is 13.1 Å². The Morgan fingerprint density at radius 1 is 1.25 bits per heavy atom. The van der Waals surface area contributed by atoms with Gasteiger partial charge in [0.1, 0.15) is 5.82 Å².